The van der Waals surface area contributed by atoms with Crippen LogP contribution in [0.25, 0.3) is 6.08 Å². The van der Waals surface area contributed by atoms with Gasteiger partial charge in [-0.05, 0) is 32.9 Å². The van der Waals surface area contributed by atoms with Crippen LogP contribution in [0.15, 0.2) is 42.1 Å². The highest BCUT2D eigenvalue weighted by molar-refractivity contribution is 5.99. The molecule has 0 spiro atoms. The van der Waals surface area contributed by atoms with E-state index in [0.717, 1.165) is 11.3 Å². The number of rotatable bonds is 5. The van der Waals surface area contributed by atoms with E-state index < -0.39 is 18.0 Å². The molecule has 26 heavy (non-hydrogen) atoms. The summed E-state index contributed by atoms with van der Waals surface area (Å²) in [6, 6.07) is 9.21. The number of hydrogen-bond acceptors (Lipinski definition) is 5. The van der Waals surface area contributed by atoms with E-state index in [9.17, 15) is 9.59 Å². The van der Waals surface area contributed by atoms with Crippen LogP contribution < -0.4 is 10.1 Å². The van der Waals surface area contributed by atoms with E-state index in [4.69, 9.17) is 9.47 Å². The van der Waals surface area contributed by atoms with Gasteiger partial charge in [-0.3, -0.25) is 4.79 Å². The molecule has 7 heteroatoms. The van der Waals surface area contributed by atoms with Crippen molar-refractivity contribution in [1.82, 2.24) is 9.78 Å². The number of para-hydroxylation sites is 1. The summed E-state index contributed by atoms with van der Waals surface area (Å²) >= 11 is 0. The summed E-state index contributed by atoms with van der Waals surface area (Å²) in [5.74, 6) is 0.289. The van der Waals surface area contributed by atoms with Crippen molar-refractivity contribution in [3.8, 4) is 5.75 Å². The number of ether oxygens (including phenoxy) is 2. The third-order valence-corrected chi connectivity index (χ3v) is 3.96. The minimum atomic E-state index is -0.948. The van der Waals surface area contributed by atoms with E-state index >= 15 is 0 Å². The van der Waals surface area contributed by atoms with E-state index in [-0.39, 0.29) is 12.6 Å². The van der Waals surface area contributed by atoms with Crippen molar-refractivity contribution in [1.29, 1.82) is 0 Å². The van der Waals surface area contributed by atoms with Gasteiger partial charge in [0, 0.05) is 17.7 Å². The first kappa shape index (κ1) is 17.7. The lowest BCUT2D eigenvalue weighted by atomic mass is 10.1. The van der Waals surface area contributed by atoms with Crippen LogP contribution in [0.3, 0.4) is 0 Å². The third kappa shape index (κ3) is 3.77. The van der Waals surface area contributed by atoms with Crippen LogP contribution in [0.2, 0.25) is 0 Å². The Labute approximate surface area is 151 Å². The molecule has 7 nitrogen and oxygen atoms in total. The fourth-order valence-corrected chi connectivity index (χ4v) is 2.58. The van der Waals surface area contributed by atoms with Crippen LogP contribution in [0.1, 0.15) is 32.4 Å². The van der Waals surface area contributed by atoms with Gasteiger partial charge in [0.25, 0.3) is 5.91 Å². The monoisotopic (exact) mass is 355 g/mol. The van der Waals surface area contributed by atoms with Crippen LogP contribution in [-0.4, -0.2) is 34.4 Å². The number of carbonyl (C=O) groups is 2. The van der Waals surface area contributed by atoms with Crippen LogP contribution in [-0.2, 0) is 14.3 Å². The zero-order chi connectivity index (χ0) is 18.7. The van der Waals surface area contributed by atoms with Crippen LogP contribution in [0.5, 0.6) is 5.75 Å². The number of anilines is 1. The maximum Gasteiger partial charge on any atom is 0.338 e. The van der Waals surface area contributed by atoms with Crippen molar-refractivity contribution in [2.24, 2.45) is 0 Å². The number of hydrogen-bond donors (Lipinski definition) is 1. The first-order valence-electron chi connectivity index (χ1n) is 8.43. The molecule has 1 unspecified atom stereocenters. The van der Waals surface area contributed by atoms with Gasteiger partial charge in [0.05, 0.1) is 11.8 Å². The van der Waals surface area contributed by atoms with Crippen LogP contribution in [0.4, 0.5) is 5.82 Å². The van der Waals surface area contributed by atoms with Crippen molar-refractivity contribution < 1.29 is 19.1 Å². The molecule has 1 amide bonds. The van der Waals surface area contributed by atoms with Crippen molar-refractivity contribution in [2.75, 3.05) is 11.9 Å². The molecule has 0 radical (unpaired) electrons. The van der Waals surface area contributed by atoms with Crippen molar-refractivity contribution in [2.45, 2.75) is 32.9 Å². The molecule has 1 atom stereocenters. The molecule has 2 aromatic rings. The molecule has 0 saturated carbocycles. The largest absolute Gasteiger partial charge is 0.488 e. The van der Waals surface area contributed by atoms with E-state index in [1.807, 2.05) is 38.1 Å². The molecule has 1 aliphatic rings. The number of amides is 1. The molecule has 0 fully saturated rings. The Morgan fingerprint density at radius 2 is 2.00 bits per heavy atom. The van der Waals surface area contributed by atoms with Gasteiger partial charge < -0.3 is 14.8 Å². The number of nitrogens with one attached hydrogen (secondary N) is 1. The summed E-state index contributed by atoms with van der Waals surface area (Å²) in [6.07, 6.45) is 2.38. The second kappa shape index (κ2) is 7.43. The lowest BCUT2D eigenvalue weighted by Crippen LogP contribution is -2.32. The van der Waals surface area contributed by atoms with Gasteiger partial charge in [-0.25, -0.2) is 9.48 Å². The highest BCUT2D eigenvalue weighted by Gasteiger charge is 2.24. The van der Waals surface area contributed by atoms with Crippen molar-refractivity contribution in [3.63, 3.8) is 0 Å². The second-order valence-corrected chi connectivity index (χ2v) is 6.29. The normalized spacial score (nSPS) is 14.1. The summed E-state index contributed by atoms with van der Waals surface area (Å²) in [6.45, 7) is 5.56. The number of aromatic nitrogens is 2. The third-order valence-electron chi connectivity index (χ3n) is 3.96. The van der Waals surface area contributed by atoms with Crippen molar-refractivity contribution in [3.05, 3.63) is 47.7 Å². The average Bonchev–Trinajstić information content (AvgIpc) is 3.09. The van der Waals surface area contributed by atoms with E-state index in [0.29, 0.717) is 11.4 Å². The molecule has 3 rings (SSSR count). The maximum atomic E-state index is 12.3. The molecule has 1 aromatic carbocycles. The molecule has 1 N–H and O–H groups in total. The molecule has 136 valence electrons. The molecular formula is C19H21N3O4. The molecule has 1 aliphatic heterocycles. The summed E-state index contributed by atoms with van der Waals surface area (Å²) in [4.78, 5) is 24.7. The Kier molecular flexibility index (Phi) is 5.06. The lowest BCUT2D eigenvalue weighted by Gasteiger charge is -2.19. The van der Waals surface area contributed by atoms with Gasteiger partial charge in [-0.2, -0.15) is 5.10 Å². The Hall–Kier alpha value is -3.09. The standard InChI is InChI=1S/C19H21N3O4/c1-12(2)22-17(8-9-20-22)21-18(23)13(3)26-19(24)15-10-14-6-4-5-7-16(14)25-11-15/h4-10,12-13H,11H2,1-3H3,(H,21,23). The zero-order valence-corrected chi connectivity index (χ0v) is 14.9. The van der Waals surface area contributed by atoms with Gasteiger partial charge >= 0.3 is 5.97 Å². The highest BCUT2D eigenvalue weighted by Crippen LogP contribution is 2.26. The van der Waals surface area contributed by atoms with Crippen LogP contribution >= 0.6 is 0 Å². The Morgan fingerprint density at radius 3 is 2.77 bits per heavy atom. The predicted octanol–water partition coefficient (Wildman–Crippen LogP) is 2.81. The quantitative estimate of drug-likeness (QED) is 0.834. The second-order valence-electron chi connectivity index (χ2n) is 6.29. The van der Waals surface area contributed by atoms with Gasteiger partial charge in [-0.1, -0.05) is 18.2 Å². The molecule has 0 saturated heterocycles. The topological polar surface area (TPSA) is 82.4 Å². The first-order chi connectivity index (χ1) is 12.5. The van der Waals surface area contributed by atoms with Gasteiger partial charge in [-0.15, -0.1) is 0 Å². The fourth-order valence-electron chi connectivity index (χ4n) is 2.58. The molecule has 1 aromatic heterocycles. The molecular weight excluding hydrogens is 334 g/mol. The zero-order valence-electron chi connectivity index (χ0n) is 14.9. The van der Waals surface area contributed by atoms with E-state index in [1.54, 1.807) is 23.0 Å². The minimum Gasteiger partial charge on any atom is -0.488 e. The molecule has 0 aliphatic carbocycles. The Morgan fingerprint density at radius 1 is 1.23 bits per heavy atom. The first-order valence-corrected chi connectivity index (χ1v) is 8.43. The van der Waals surface area contributed by atoms with E-state index in [1.165, 1.54) is 6.92 Å². The van der Waals surface area contributed by atoms with Gasteiger partial charge in [0.15, 0.2) is 6.10 Å². The van der Waals surface area contributed by atoms with Crippen LogP contribution in [0, 0.1) is 0 Å². The summed E-state index contributed by atoms with van der Waals surface area (Å²) in [5.41, 5.74) is 1.18. The van der Waals surface area contributed by atoms with Gasteiger partial charge in [0.2, 0.25) is 0 Å². The number of esters is 1. The minimum absolute atomic E-state index is 0.0998. The Balaban J connectivity index is 1.63. The SMILES string of the molecule is CC(OC(=O)C1=Cc2ccccc2OC1)C(=O)Nc1ccnn1C(C)C. The summed E-state index contributed by atoms with van der Waals surface area (Å²) in [7, 11) is 0. The molecule has 0 bridgehead atoms. The van der Waals surface area contributed by atoms with Gasteiger partial charge in [0.1, 0.15) is 18.2 Å². The predicted molar refractivity (Wildman–Crippen MR) is 96.7 cm³/mol. The smallest absolute Gasteiger partial charge is 0.338 e. The molecule has 2 heterocycles. The summed E-state index contributed by atoms with van der Waals surface area (Å²) < 4.78 is 12.5. The number of carbonyl (C=O) groups excluding carboxylic acids is 2. The number of fused-ring (bicyclic) bond motifs is 1. The van der Waals surface area contributed by atoms with E-state index in [2.05, 4.69) is 10.4 Å². The van der Waals surface area contributed by atoms with Crippen molar-refractivity contribution >= 4 is 23.8 Å². The maximum absolute atomic E-state index is 12.3. The Bertz CT molecular complexity index is 854. The average molecular weight is 355 g/mol. The summed E-state index contributed by atoms with van der Waals surface area (Å²) in [5, 5.41) is 6.88. The highest BCUT2D eigenvalue weighted by atomic mass is 16.6. The number of nitrogens with zero attached hydrogens (tertiary/aromatic N) is 2. The fraction of sp³-hybridized carbons (Fsp3) is 0.316. The number of benzene rings is 1. The lowest BCUT2D eigenvalue weighted by molar-refractivity contribution is -0.149.